The Kier molecular flexibility index (Phi) is 7.88. The van der Waals surface area contributed by atoms with Crippen molar-refractivity contribution in [1.82, 2.24) is 11.0 Å². The third-order valence-corrected chi connectivity index (χ3v) is 1.60. The number of hydrogen-bond donors (Lipinski definition) is 2. The molecule has 0 spiro atoms. The first-order valence-electron chi connectivity index (χ1n) is 4.83. The summed E-state index contributed by atoms with van der Waals surface area (Å²) < 4.78 is 15.7. The zero-order valence-electron chi connectivity index (χ0n) is 8.29. The Hall–Kier alpha value is -0.240. The van der Waals surface area contributed by atoms with Gasteiger partial charge in [-0.25, -0.2) is 5.43 Å². The molecule has 1 aliphatic rings. The topological polar surface area (TPSA) is 61.0 Å². The largest absolute Gasteiger partial charge is 0.379 e. The molecule has 6 nitrogen and oxygen atoms in total. The SMILES string of the molecule is C1COCCOCNNOCCOC1. The van der Waals surface area contributed by atoms with Crippen molar-refractivity contribution in [2.45, 2.75) is 6.42 Å². The predicted molar refractivity (Wildman–Crippen MR) is 49.3 cm³/mol. The van der Waals surface area contributed by atoms with E-state index in [9.17, 15) is 0 Å². The van der Waals surface area contributed by atoms with Gasteiger partial charge in [-0.2, -0.15) is 0 Å². The van der Waals surface area contributed by atoms with Gasteiger partial charge in [0.25, 0.3) is 0 Å². The number of nitrogens with one attached hydrogen (secondary N) is 2. The van der Waals surface area contributed by atoms with Crippen LogP contribution in [0.2, 0.25) is 0 Å². The molecule has 1 heterocycles. The van der Waals surface area contributed by atoms with Crippen LogP contribution in [0.15, 0.2) is 0 Å². The fourth-order valence-electron chi connectivity index (χ4n) is 0.940. The molecule has 1 aliphatic heterocycles. The molecule has 0 aromatic rings. The van der Waals surface area contributed by atoms with Crippen LogP contribution in [0, 0.1) is 0 Å². The van der Waals surface area contributed by atoms with Crippen LogP contribution in [0.4, 0.5) is 0 Å². The van der Waals surface area contributed by atoms with E-state index < -0.39 is 0 Å². The summed E-state index contributed by atoms with van der Waals surface area (Å²) in [7, 11) is 0. The summed E-state index contributed by atoms with van der Waals surface area (Å²) in [6, 6.07) is 0. The Labute approximate surface area is 83.8 Å². The van der Waals surface area contributed by atoms with E-state index in [2.05, 4.69) is 11.0 Å². The summed E-state index contributed by atoms with van der Waals surface area (Å²) >= 11 is 0. The first-order chi connectivity index (χ1) is 7.00. The Morgan fingerprint density at radius 3 is 2.29 bits per heavy atom. The van der Waals surface area contributed by atoms with Gasteiger partial charge in [-0.1, -0.05) is 0 Å². The maximum Gasteiger partial charge on any atom is 0.111 e. The summed E-state index contributed by atoms with van der Waals surface area (Å²) in [4.78, 5) is 4.98. The molecule has 0 aliphatic carbocycles. The lowest BCUT2D eigenvalue weighted by Crippen LogP contribution is -2.35. The summed E-state index contributed by atoms with van der Waals surface area (Å²) in [5, 5.41) is 0. The van der Waals surface area contributed by atoms with Crippen molar-refractivity contribution in [1.29, 1.82) is 0 Å². The van der Waals surface area contributed by atoms with Crippen LogP contribution in [-0.2, 0) is 19.0 Å². The molecule has 6 heteroatoms. The zero-order valence-corrected chi connectivity index (χ0v) is 8.29. The summed E-state index contributed by atoms with van der Waals surface area (Å²) in [6.07, 6.45) is 0.908. The third-order valence-electron chi connectivity index (χ3n) is 1.60. The standard InChI is InChI=1S/C8H18N2O4/c1-2-11-4-5-13-8-9-10-14-7-6-12-3-1/h9-10H,1-8H2. The number of hydrazine groups is 1. The molecule has 0 radical (unpaired) electrons. The van der Waals surface area contributed by atoms with Crippen LogP contribution in [-0.4, -0.2) is 46.4 Å². The highest BCUT2D eigenvalue weighted by Gasteiger charge is 1.94. The number of hydrogen-bond acceptors (Lipinski definition) is 6. The molecule has 0 aromatic carbocycles. The fraction of sp³-hybridized carbons (Fsp3) is 1.00. The molecule has 1 saturated heterocycles. The summed E-state index contributed by atoms with van der Waals surface area (Å²) in [5.41, 5.74) is 5.28. The van der Waals surface area contributed by atoms with E-state index in [0.29, 0.717) is 39.8 Å². The molecule has 0 atom stereocenters. The van der Waals surface area contributed by atoms with Gasteiger partial charge in [0.1, 0.15) is 6.73 Å². The molecule has 1 fully saturated rings. The van der Waals surface area contributed by atoms with Crippen LogP contribution >= 0.6 is 0 Å². The van der Waals surface area contributed by atoms with Gasteiger partial charge in [0.05, 0.1) is 26.4 Å². The van der Waals surface area contributed by atoms with Gasteiger partial charge in [0, 0.05) is 13.2 Å². The molecule has 84 valence electrons. The third kappa shape index (κ3) is 7.19. The van der Waals surface area contributed by atoms with Crippen molar-refractivity contribution in [3.05, 3.63) is 0 Å². The molecule has 0 amide bonds. The lowest BCUT2D eigenvalue weighted by Gasteiger charge is -2.10. The predicted octanol–water partition coefficient (Wildman–Crippen LogP) is -0.577. The Bertz CT molecular complexity index is 72.6. The lowest BCUT2D eigenvalue weighted by atomic mass is 10.5. The smallest absolute Gasteiger partial charge is 0.111 e. The van der Waals surface area contributed by atoms with Crippen LogP contribution < -0.4 is 11.0 Å². The minimum Gasteiger partial charge on any atom is -0.379 e. The molecule has 14 heavy (non-hydrogen) atoms. The summed E-state index contributed by atoms with van der Waals surface area (Å²) in [5.74, 6) is 0. The highest BCUT2D eigenvalue weighted by molar-refractivity contribution is 4.37. The molecular weight excluding hydrogens is 188 g/mol. The van der Waals surface area contributed by atoms with Crippen molar-refractivity contribution in [3.63, 3.8) is 0 Å². The van der Waals surface area contributed by atoms with E-state index in [4.69, 9.17) is 19.0 Å². The molecule has 0 unspecified atom stereocenters. The van der Waals surface area contributed by atoms with Gasteiger partial charge in [-0.15, -0.1) is 5.59 Å². The Balaban J connectivity index is 2.00. The van der Waals surface area contributed by atoms with Crippen LogP contribution in [0.25, 0.3) is 0 Å². The van der Waals surface area contributed by atoms with E-state index in [-0.39, 0.29) is 0 Å². The van der Waals surface area contributed by atoms with Crippen molar-refractivity contribution >= 4 is 0 Å². The highest BCUT2D eigenvalue weighted by atomic mass is 16.7. The first kappa shape index (κ1) is 11.8. The maximum absolute atomic E-state index is 5.29. The van der Waals surface area contributed by atoms with Gasteiger partial charge in [-0.05, 0) is 6.42 Å². The van der Waals surface area contributed by atoms with Crippen molar-refractivity contribution in [2.24, 2.45) is 0 Å². The monoisotopic (exact) mass is 206 g/mol. The average Bonchev–Trinajstić information content (AvgIpc) is 2.22. The minimum absolute atomic E-state index is 0.393. The summed E-state index contributed by atoms with van der Waals surface area (Å²) in [6.45, 7) is 4.10. The molecule has 2 N–H and O–H groups in total. The fourth-order valence-corrected chi connectivity index (χ4v) is 0.940. The van der Waals surface area contributed by atoms with Crippen molar-refractivity contribution in [3.8, 4) is 0 Å². The molecule has 0 saturated carbocycles. The number of rotatable bonds is 0. The first-order valence-corrected chi connectivity index (χ1v) is 4.83. The Morgan fingerprint density at radius 2 is 1.43 bits per heavy atom. The molecule has 1 rings (SSSR count). The maximum atomic E-state index is 5.29. The van der Waals surface area contributed by atoms with Crippen LogP contribution in [0.1, 0.15) is 6.42 Å². The molecule has 0 bridgehead atoms. The minimum atomic E-state index is 0.393. The van der Waals surface area contributed by atoms with E-state index in [1.807, 2.05) is 0 Å². The van der Waals surface area contributed by atoms with E-state index >= 15 is 0 Å². The van der Waals surface area contributed by atoms with Gasteiger partial charge in [-0.3, -0.25) is 4.84 Å². The lowest BCUT2D eigenvalue weighted by molar-refractivity contribution is -0.0565. The molecular formula is C8H18N2O4. The van der Waals surface area contributed by atoms with E-state index in [1.54, 1.807) is 0 Å². The normalized spacial score (nSPS) is 24.0. The van der Waals surface area contributed by atoms with Gasteiger partial charge in [0.15, 0.2) is 0 Å². The molecule has 0 aromatic heterocycles. The second-order valence-corrected chi connectivity index (χ2v) is 2.76. The second kappa shape index (κ2) is 9.32. The quantitative estimate of drug-likeness (QED) is 0.553. The van der Waals surface area contributed by atoms with Gasteiger partial charge >= 0.3 is 0 Å². The van der Waals surface area contributed by atoms with Gasteiger partial charge < -0.3 is 14.2 Å². The number of ether oxygens (including phenoxy) is 3. The van der Waals surface area contributed by atoms with E-state index in [0.717, 1.165) is 13.0 Å². The van der Waals surface area contributed by atoms with Crippen LogP contribution in [0.5, 0.6) is 0 Å². The van der Waals surface area contributed by atoms with Crippen molar-refractivity contribution in [2.75, 3.05) is 46.4 Å². The average molecular weight is 206 g/mol. The van der Waals surface area contributed by atoms with Gasteiger partial charge in [0.2, 0.25) is 0 Å². The van der Waals surface area contributed by atoms with Crippen LogP contribution in [0.3, 0.4) is 0 Å². The second-order valence-electron chi connectivity index (χ2n) is 2.76. The van der Waals surface area contributed by atoms with Crippen molar-refractivity contribution < 1.29 is 19.0 Å². The highest BCUT2D eigenvalue weighted by Crippen LogP contribution is 1.86. The Morgan fingerprint density at radius 1 is 0.714 bits per heavy atom. The van der Waals surface area contributed by atoms with E-state index in [1.165, 1.54) is 0 Å². The zero-order chi connectivity index (χ0) is 9.90.